The molecule has 0 aliphatic carbocycles. The van der Waals surface area contributed by atoms with E-state index in [2.05, 4.69) is 65.7 Å². The summed E-state index contributed by atoms with van der Waals surface area (Å²) in [6.07, 6.45) is 0.558. The van der Waals surface area contributed by atoms with Crippen molar-refractivity contribution in [2.24, 2.45) is 5.10 Å². The molecule has 2 aliphatic heterocycles. The van der Waals surface area contributed by atoms with E-state index in [0.29, 0.717) is 5.02 Å². The molecule has 0 fully saturated rings. The second-order valence-electron chi connectivity index (χ2n) is 8.15. The van der Waals surface area contributed by atoms with Gasteiger partial charge < -0.3 is 4.74 Å². The van der Waals surface area contributed by atoms with E-state index in [-0.39, 0.29) is 12.3 Å². The van der Waals surface area contributed by atoms with Gasteiger partial charge >= 0.3 is 0 Å². The Morgan fingerprint density at radius 2 is 1.38 bits per heavy atom. The molecule has 0 saturated carbocycles. The Morgan fingerprint density at radius 1 is 0.719 bits per heavy atom. The van der Waals surface area contributed by atoms with Crippen molar-refractivity contribution in [2.45, 2.75) is 18.7 Å². The summed E-state index contributed by atoms with van der Waals surface area (Å²) < 4.78 is 6.41. The first-order valence-corrected chi connectivity index (χ1v) is 11.2. The fraction of sp³-hybridized carbons (Fsp3) is 0.107. The number of rotatable bonds is 3. The molecule has 6 rings (SSSR count). The van der Waals surface area contributed by atoms with E-state index in [9.17, 15) is 0 Å². The summed E-state index contributed by atoms with van der Waals surface area (Å²) in [5.41, 5.74) is 6.87. The molecule has 4 aromatic carbocycles. The third-order valence-corrected chi connectivity index (χ3v) is 6.43. The third kappa shape index (κ3) is 3.35. The van der Waals surface area contributed by atoms with Gasteiger partial charge in [-0.2, -0.15) is 5.10 Å². The molecular weight excluding hydrogens is 416 g/mol. The van der Waals surface area contributed by atoms with Gasteiger partial charge in [0.25, 0.3) is 0 Å². The normalized spacial score (nSPS) is 19.0. The van der Waals surface area contributed by atoms with Crippen LogP contribution in [-0.2, 0) is 0 Å². The molecule has 2 heterocycles. The van der Waals surface area contributed by atoms with E-state index in [0.717, 1.165) is 29.0 Å². The Hall–Kier alpha value is -3.56. The highest BCUT2D eigenvalue weighted by Crippen LogP contribution is 2.47. The number of nitrogens with zero attached hydrogens (tertiary/aromatic N) is 2. The minimum Gasteiger partial charge on any atom is -0.464 e. The van der Waals surface area contributed by atoms with Gasteiger partial charge in [0.15, 0.2) is 0 Å². The van der Waals surface area contributed by atoms with Crippen molar-refractivity contribution in [1.29, 1.82) is 0 Å². The van der Waals surface area contributed by atoms with Crippen molar-refractivity contribution >= 4 is 17.3 Å². The Labute approximate surface area is 192 Å². The van der Waals surface area contributed by atoms with Crippen LogP contribution in [0.1, 0.15) is 35.4 Å². The maximum Gasteiger partial charge on any atom is 0.213 e. The average molecular weight is 437 g/mol. The van der Waals surface area contributed by atoms with Crippen LogP contribution in [0, 0.1) is 0 Å². The fourth-order valence-corrected chi connectivity index (χ4v) is 4.67. The molecule has 2 aliphatic rings. The van der Waals surface area contributed by atoms with E-state index in [1.54, 1.807) is 0 Å². The van der Waals surface area contributed by atoms with Gasteiger partial charge in [-0.15, -0.1) is 0 Å². The van der Waals surface area contributed by atoms with E-state index in [1.807, 2.05) is 42.5 Å². The average Bonchev–Trinajstić information content (AvgIpc) is 3.31. The first-order chi connectivity index (χ1) is 15.8. The summed E-state index contributed by atoms with van der Waals surface area (Å²) in [5, 5.41) is 7.87. The molecule has 4 aromatic rings. The molecule has 0 N–H and O–H groups in total. The van der Waals surface area contributed by atoms with Crippen LogP contribution in [0.5, 0.6) is 5.75 Å². The third-order valence-electron chi connectivity index (χ3n) is 6.18. The maximum atomic E-state index is 6.41. The summed E-state index contributed by atoms with van der Waals surface area (Å²) in [5.74, 6) is 0.921. The van der Waals surface area contributed by atoms with Gasteiger partial charge in [-0.05, 0) is 34.9 Å². The van der Waals surface area contributed by atoms with Crippen molar-refractivity contribution in [3.05, 3.63) is 125 Å². The zero-order chi connectivity index (χ0) is 21.5. The van der Waals surface area contributed by atoms with Crippen LogP contribution in [-0.4, -0.2) is 10.7 Å². The van der Waals surface area contributed by atoms with E-state index < -0.39 is 0 Å². The predicted octanol–water partition coefficient (Wildman–Crippen LogP) is 7.25. The van der Waals surface area contributed by atoms with Crippen LogP contribution in [0.2, 0.25) is 5.02 Å². The van der Waals surface area contributed by atoms with Gasteiger partial charge in [0.05, 0.1) is 11.8 Å². The molecule has 2 atom stereocenters. The summed E-state index contributed by atoms with van der Waals surface area (Å²) >= 11 is 6.12. The lowest BCUT2D eigenvalue weighted by molar-refractivity contribution is -0.0190. The van der Waals surface area contributed by atoms with Crippen molar-refractivity contribution in [2.75, 3.05) is 0 Å². The Bertz CT molecular complexity index is 1280. The first-order valence-electron chi connectivity index (χ1n) is 10.8. The Balaban J connectivity index is 1.36. The van der Waals surface area contributed by atoms with E-state index >= 15 is 0 Å². The molecule has 0 aromatic heterocycles. The lowest BCUT2D eigenvalue weighted by Crippen LogP contribution is -2.33. The lowest BCUT2D eigenvalue weighted by Gasteiger charge is -2.38. The number of hydrazone groups is 1. The smallest absolute Gasteiger partial charge is 0.213 e. The van der Waals surface area contributed by atoms with Gasteiger partial charge in [-0.1, -0.05) is 96.5 Å². The molecular formula is C28H21ClN2O. The largest absolute Gasteiger partial charge is 0.464 e. The van der Waals surface area contributed by atoms with Gasteiger partial charge in [-0.25, -0.2) is 5.01 Å². The Morgan fingerprint density at radius 3 is 2.16 bits per heavy atom. The predicted molar refractivity (Wildman–Crippen MR) is 129 cm³/mol. The first kappa shape index (κ1) is 19.1. The number of hydrogen-bond acceptors (Lipinski definition) is 3. The number of benzene rings is 4. The van der Waals surface area contributed by atoms with Crippen LogP contribution in [0.4, 0.5) is 0 Å². The second kappa shape index (κ2) is 7.85. The minimum absolute atomic E-state index is 0.143. The van der Waals surface area contributed by atoms with Crippen molar-refractivity contribution < 1.29 is 4.74 Å². The molecule has 0 unspecified atom stereocenters. The highest BCUT2D eigenvalue weighted by molar-refractivity contribution is 6.30. The van der Waals surface area contributed by atoms with Gasteiger partial charge in [0, 0.05) is 22.6 Å². The molecule has 0 amide bonds. The molecule has 156 valence electrons. The topological polar surface area (TPSA) is 24.8 Å². The number of para-hydroxylation sites is 1. The molecule has 0 radical (unpaired) electrons. The van der Waals surface area contributed by atoms with Crippen LogP contribution >= 0.6 is 11.6 Å². The molecule has 0 saturated heterocycles. The quantitative estimate of drug-likeness (QED) is 0.338. The number of ether oxygens (including phenoxy) is 1. The fourth-order valence-electron chi connectivity index (χ4n) is 4.54. The standard InChI is InChI=1S/C28H21ClN2O/c29-23-16-14-22(15-17-23)28-31-26(24-8-4-5-9-27(24)32-28)18-25(30-31)21-12-10-20(11-13-21)19-6-2-1-3-7-19/h1-17,26,28H,18H2/t26-,28+/m1/s1. The summed E-state index contributed by atoms with van der Waals surface area (Å²) in [6.45, 7) is 0. The zero-order valence-corrected chi connectivity index (χ0v) is 18.1. The highest BCUT2D eigenvalue weighted by atomic mass is 35.5. The van der Waals surface area contributed by atoms with Crippen LogP contribution in [0.3, 0.4) is 0 Å². The molecule has 3 nitrogen and oxygen atoms in total. The molecule has 0 bridgehead atoms. The van der Waals surface area contributed by atoms with E-state index in [4.69, 9.17) is 21.4 Å². The van der Waals surface area contributed by atoms with Crippen molar-refractivity contribution in [3.8, 4) is 16.9 Å². The number of hydrogen-bond donors (Lipinski definition) is 0. The summed E-state index contributed by atoms with van der Waals surface area (Å²) in [6, 6.07) is 35.4. The summed E-state index contributed by atoms with van der Waals surface area (Å²) in [4.78, 5) is 0. The Kier molecular flexibility index (Phi) is 4.70. The lowest BCUT2D eigenvalue weighted by atomic mass is 9.95. The van der Waals surface area contributed by atoms with Gasteiger partial charge in [0.2, 0.25) is 6.23 Å². The SMILES string of the molecule is Clc1ccc([C@@H]2Oc3ccccc3[C@H]3CC(c4ccc(-c5ccccc5)cc4)=NN32)cc1. The van der Waals surface area contributed by atoms with Crippen LogP contribution < -0.4 is 4.74 Å². The molecule has 32 heavy (non-hydrogen) atoms. The molecule has 4 heteroatoms. The van der Waals surface area contributed by atoms with Gasteiger partial charge in [-0.3, -0.25) is 0 Å². The monoisotopic (exact) mass is 436 g/mol. The number of fused-ring (bicyclic) bond motifs is 3. The van der Waals surface area contributed by atoms with Crippen LogP contribution in [0.25, 0.3) is 11.1 Å². The van der Waals surface area contributed by atoms with Gasteiger partial charge in [0.1, 0.15) is 5.75 Å². The minimum atomic E-state index is -0.284. The van der Waals surface area contributed by atoms with Crippen molar-refractivity contribution in [1.82, 2.24) is 5.01 Å². The maximum absolute atomic E-state index is 6.41. The van der Waals surface area contributed by atoms with Crippen molar-refractivity contribution in [3.63, 3.8) is 0 Å². The number of halogens is 1. The zero-order valence-electron chi connectivity index (χ0n) is 17.4. The summed E-state index contributed by atoms with van der Waals surface area (Å²) in [7, 11) is 0. The van der Waals surface area contributed by atoms with Crippen LogP contribution in [0.15, 0.2) is 108 Å². The van der Waals surface area contributed by atoms with E-state index in [1.165, 1.54) is 16.7 Å². The highest BCUT2D eigenvalue weighted by Gasteiger charge is 2.40. The second-order valence-corrected chi connectivity index (χ2v) is 8.59. The molecule has 0 spiro atoms.